The third-order valence-corrected chi connectivity index (χ3v) is 27.3. The zero-order chi connectivity index (χ0) is 65.2. The van der Waals surface area contributed by atoms with Crippen molar-refractivity contribution in [1.29, 1.82) is 0 Å². The Morgan fingerprint density at radius 2 is 1.19 bits per heavy atom. The molecule has 8 aliphatic rings. The first-order chi connectivity index (χ1) is 43.0. The summed E-state index contributed by atoms with van der Waals surface area (Å²) in [4.78, 5) is 31.4. The maximum Gasteiger partial charge on any atom is 0.270 e. The number of aryl methyl sites for hydroxylation is 2. The van der Waals surface area contributed by atoms with Crippen LogP contribution < -0.4 is 28.7 Å². The van der Waals surface area contributed by atoms with Gasteiger partial charge in [-0.1, -0.05) is 73.5 Å². The molecule has 22 heteroatoms. The van der Waals surface area contributed by atoms with Crippen LogP contribution in [-0.2, 0) is 58.0 Å². The number of rotatable bonds is 4. The Labute approximate surface area is 546 Å². The molecule has 0 aromatic heterocycles. The number of carbonyl (C=O) groups is 2. The molecule has 4 aliphatic carbocycles. The Kier molecular flexibility index (Phi) is 19.1. The zero-order valence-electron chi connectivity index (χ0n) is 52.7. The van der Waals surface area contributed by atoms with Crippen LogP contribution in [0.3, 0.4) is 0 Å². The first kappa shape index (κ1) is 67.2. The van der Waals surface area contributed by atoms with E-state index in [4.69, 9.17) is 37.4 Å². The summed E-state index contributed by atoms with van der Waals surface area (Å²) in [6, 6.07) is 22.3. The number of carbonyl (C=O) groups excluding carboxylic acids is 2. The predicted molar refractivity (Wildman–Crippen MR) is 357 cm³/mol. The Balaban J connectivity index is 0.000000187. The molecule has 2 amide bonds. The number of nitrogens with zero attached hydrogens (tertiary/aromatic N) is 2. The maximum atomic E-state index is 15.0. The number of halogens is 4. The highest BCUT2D eigenvalue weighted by molar-refractivity contribution is 7.99. The molecule has 4 bridgehead atoms. The van der Waals surface area contributed by atoms with Crippen molar-refractivity contribution in [2.75, 3.05) is 68.3 Å². The molecule has 15 nitrogen and oxygen atoms in total. The molecule has 4 aliphatic heterocycles. The molecule has 2 saturated carbocycles. The molecular formula is C69H86Cl2F2N4O11S3. The Bertz CT molecular complexity index is 3870. The number of aliphatic hydroxyl groups is 1. The van der Waals surface area contributed by atoms with E-state index in [0.717, 1.165) is 63.3 Å². The Hall–Kier alpha value is -5.22. The van der Waals surface area contributed by atoms with Crippen LogP contribution in [0.4, 0.5) is 20.2 Å². The van der Waals surface area contributed by atoms with Crippen LogP contribution in [0.1, 0.15) is 135 Å². The third kappa shape index (κ3) is 13.5. The van der Waals surface area contributed by atoms with Crippen molar-refractivity contribution in [1.82, 2.24) is 9.44 Å². The average molecular weight is 1350 g/mol. The van der Waals surface area contributed by atoms with Gasteiger partial charge in [-0.15, -0.1) is 0 Å². The van der Waals surface area contributed by atoms with E-state index in [2.05, 4.69) is 37.2 Å². The van der Waals surface area contributed by atoms with Crippen molar-refractivity contribution in [2.24, 2.45) is 35.5 Å². The predicted octanol–water partition coefficient (Wildman–Crippen LogP) is 11.5. The van der Waals surface area contributed by atoms with E-state index in [1.165, 1.54) is 35.4 Å². The minimum atomic E-state index is -4.05. The number of nitrogens with one attached hydrogen (secondary N) is 2. The number of hydrogen-bond acceptors (Lipinski definition) is 13. The third-order valence-electron chi connectivity index (χ3n) is 21.7. The van der Waals surface area contributed by atoms with Gasteiger partial charge in [-0.25, -0.2) is 34.5 Å². The van der Waals surface area contributed by atoms with Crippen LogP contribution >= 0.6 is 23.2 Å². The van der Waals surface area contributed by atoms with Crippen LogP contribution in [-0.4, -0.2) is 130 Å². The van der Waals surface area contributed by atoms with E-state index >= 15 is 8.78 Å². The molecular weight excluding hydrogens is 1270 g/mol. The molecule has 1 unspecified atom stereocenters. The van der Waals surface area contributed by atoms with Gasteiger partial charge < -0.3 is 29.1 Å². The first-order valence-electron chi connectivity index (χ1n) is 31.9. The normalized spacial score (nSPS) is 34.6. The number of sulfone groups is 1. The van der Waals surface area contributed by atoms with Crippen molar-refractivity contribution < 1.29 is 58.7 Å². The van der Waals surface area contributed by atoms with Crippen molar-refractivity contribution >= 4 is 81.8 Å². The van der Waals surface area contributed by atoms with Gasteiger partial charge in [0, 0.05) is 82.7 Å². The molecule has 494 valence electrons. The number of sulfonamides is 1. The van der Waals surface area contributed by atoms with Crippen LogP contribution in [0.2, 0.25) is 10.0 Å². The lowest BCUT2D eigenvalue weighted by Crippen LogP contribution is -2.55. The molecule has 0 saturated heterocycles. The van der Waals surface area contributed by atoms with Crippen LogP contribution in [0.5, 0.6) is 11.5 Å². The largest absolute Gasteiger partial charge is 0.490 e. The van der Waals surface area contributed by atoms with E-state index in [-0.39, 0.29) is 46.5 Å². The minimum absolute atomic E-state index is 0.0326. The van der Waals surface area contributed by atoms with Gasteiger partial charge in [-0.2, -0.15) is 0 Å². The molecule has 0 radical (unpaired) electrons. The van der Waals surface area contributed by atoms with Crippen LogP contribution in [0, 0.1) is 35.5 Å². The van der Waals surface area contributed by atoms with Gasteiger partial charge in [0.05, 0.1) is 50.9 Å². The number of hydrogen-bond donors (Lipinski definition) is 3. The van der Waals surface area contributed by atoms with Crippen molar-refractivity contribution in [2.45, 2.75) is 144 Å². The fourth-order valence-corrected chi connectivity index (χ4v) is 20.2. The highest BCUT2D eigenvalue weighted by Gasteiger charge is 2.54. The summed E-state index contributed by atoms with van der Waals surface area (Å²) in [6.45, 7) is 9.98. The van der Waals surface area contributed by atoms with Crippen molar-refractivity contribution in [3.63, 3.8) is 0 Å². The average Bonchev–Trinajstić information content (AvgIpc) is 1.76. The molecule has 13 atom stereocenters. The second-order valence-electron chi connectivity index (χ2n) is 27.7. The summed E-state index contributed by atoms with van der Waals surface area (Å²) in [6.07, 6.45) is 14.1. The van der Waals surface area contributed by atoms with Gasteiger partial charge in [0.15, 0.2) is 9.84 Å². The standard InChI is InChI=1S/C35H43ClF2N2O4S.C34H43ClN2O7S2/c1-22-7-5-16-35(43-3,33(37)38)29-12-9-26(29)19-40-20-34(15-6-8-24-17-27(36)11-13-28(24)34)21-44-31-14-10-25(18-30(31)40)32(41)39-45(4,42)23(22)2;1-22-6-4-15-34(39,21-45(3,40)41)29-11-8-26(29)18-37-19-33(14-5-7-24-16-27(35)10-12-28(24)33)20-44-31-13-9-25(17-30(31)37)32(38)36-46(42,43)23(22)2/h5,10-11,13-14,16-18,22-23,26,29,33H,4,6-9,12,15,19-21H2,1-3H3,(H,39,41,42);4,9-10,12-13,15-17,22-23,26,29,39H,5-8,11,14,18-21H2,1-3H3,(H,36,38)/b16-5+;15-4+/t22-,23+,26-,29+,34-,35+,45?;22-,23+,26-,29+,33-,34+/m00/s1. The zero-order valence-corrected chi connectivity index (χ0v) is 56.7. The van der Waals surface area contributed by atoms with Gasteiger partial charge in [-0.3, -0.25) is 14.3 Å². The number of anilines is 2. The summed E-state index contributed by atoms with van der Waals surface area (Å²) < 4.78 is 119. The highest BCUT2D eigenvalue weighted by Crippen LogP contribution is 2.52. The summed E-state index contributed by atoms with van der Waals surface area (Å²) in [5.41, 5.74) is 2.64. The lowest BCUT2D eigenvalue weighted by molar-refractivity contribution is -0.156. The van der Waals surface area contributed by atoms with E-state index < -0.39 is 87.1 Å². The molecule has 2 spiro atoms. The first-order valence-corrected chi connectivity index (χ1v) is 38.1. The number of ether oxygens (including phenoxy) is 3. The molecule has 4 aromatic rings. The summed E-state index contributed by atoms with van der Waals surface area (Å²) in [5, 5.41) is 12.0. The number of fused-ring (bicyclic) bond motifs is 8. The SMILES string of the molecule is C=S1(=O)NC(=O)c2ccc3c(c2)N(C[C@@H]2CC[C@H]2[C@@](OC)(C(F)F)/C=C/C[C@H](C)[C@H]1C)C[C@@]1(CCCc2cc(Cl)ccc21)CO3.C[C@@H]1[C@@H](C)C/C=C/[C@@](O)(CS(C)(=O)=O)[C@@H]2CC[C@H]2CN2C[C@@]3(CCCc4cc(Cl)ccc43)COc3ccc(cc32)C(=O)NS1(=O)=O. The van der Waals surface area contributed by atoms with Gasteiger partial charge >= 0.3 is 0 Å². The summed E-state index contributed by atoms with van der Waals surface area (Å²) >= 11 is 12.8. The molecule has 2 fully saturated rings. The fraction of sp³-hybridized carbons (Fsp3) is 0.551. The highest BCUT2D eigenvalue weighted by atomic mass is 35.5. The molecule has 3 N–H and O–H groups in total. The number of alkyl halides is 2. The topological polar surface area (TPSA) is 198 Å². The molecule has 4 heterocycles. The lowest BCUT2D eigenvalue weighted by Gasteiger charge is -2.50. The number of benzene rings is 4. The number of allylic oxidation sites excluding steroid dienone is 2. The van der Waals surface area contributed by atoms with E-state index in [1.54, 1.807) is 75.4 Å². The second kappa shape index (κ2) is 25.8. The number of amides is 2. The Morgan fingerprint density at radius 3 is 1.66 bits per heavy atom. The molecule has 4 aromatic carbocycles. The number of methoxy groups -OCH3 is 1. The van der Waals surface area contributed by atoms with Crippen LogP contribution in [0.15, 0.2) is 97.1 Å². The van der Waals surface area contributed by atoms with Gasteiger partial charge in [-0.05, 0) is 209 Å². The molecule has 12 rings (SSSR count). The van der Waals surface area contributed by atoms with Gasteiger partial charge in [0.25, 0.3) is 18.2 Å². The smallest absolute Gasteiger partial charge is 0.270 e. The van der Waals surface area contributed by atoms with Crippen LogP contribution in [0.25, 0.3) is 0 Å². The lowest BCUT2D eigenvalue weighted by atomic mass is 9.64. The van der Waals surface area contributed by atoms with Gasteiger partial charge in [0.1, 0.15) is 17.1 Å². The van der Waals surface area contributed by atoms with E-state index in [0.29, 0.717) is 91.5 Å². The van der Waals surface area contributed by atoms with E-state index in [9.17, 15) is 35.7 Å². The minimum Gasteiger partial charge on any atom is -0.490 e. The monoisotopic (exact) mass is 1350 g/mol. The summed E-state index contributed by atoms with van der Waals surface area (Å²) in [5.74, 6) is 2.11. The maximum absolute atomic E-state index is 15.0. The molecule has 91 heavy (non-hydrogen) atoms. The Morgan fingerprint density at radius 1 is 0.703 bits per heavy atom. The quantitative estimate of drug-likeness (QED) is 0.129. The van der Waals surface area contributed by atoms with Crippen molar-refractivity contribution in [3.05, 3.63) is 141 Å². The fourth-order valence-electron chi connectivity index (χ4n) is 15.9. The van der Waals surface area contributed by atoms with E-state index in [1.807, 2.05) is 31.2 Å². The second-order valence-corrected chi connectivity index (χ2v) is 35.1. The van der Waals surface area contributed by atoms with Gasteiger partial charge in [0.2, 0.25) is 10.0 Å². The van der Waals surface area contributed by atoms with Crippen molar-refractivity contribution in [3.8, 4) is 11.5 Å². The summed E-state index contributed by atoms with van der Waals surface area (Å²) in [7, 11) is -9.30.